The highest BCUT2D eigenvalue weighted by Crippen LogP contribution is 2.33. The minimum absolute atomic E-state index is 0.0993. The van der Waals surface area contributed by atoms with E-state index in [0.717, 1.165) is 30.1 Å². The number of hydrogen-bond donors (Lipinski definition) is 1. The number of carbonyl (C=O) groups is 2. The molecule has 0 spiro atoms. The smallest absolute Gasteiger partial charge is 0.341 e. The van der Waals surface area contributed by atoms with Gasteiger partial charge in [0.2, 0.25) is 5.91 Å². The molecule has 1 N–H and O–H groups in total. The molecule has 1 aliphatic rings. The largest absolute Gasteiger partial charge is 0.462 e. The Morgan fingerprint density at radius 3 is 2.50 bits per heavy atom. The molecule has 3 rings (SSSR count). The lowest BCUT2D eigenvalue weighted by Crippen LogP contribution is -2.53. The van der Waals surface area contributed by atoms with E-state index in [1.165, 1.54) is 22.6 Å². The second-order valence-corrected chi connectivity index (χ2v) is 9.09. The van der Waals surface area contributed by atoms with Crippen molar-refractivity contribution < 1.29 is 14.3 Å². The van der Waals surface area contributed by atoms with Crippen LogP contribution in [0.3, 0.4) is 0 Å². The van der Waals surface area contributed by atoms with Gasteiger partial charge in [0, 0.05) is 36.2 Å². The summed E-state index contributed by atoms with van der Waals surface area (Å²) in [6.07, 6.45) is 0. The van der Waals surface area contributed by atoms with E-state index in [1.54, 1.807) is 6.92 Å². The number of piperazine rings is 1. The topological polar surface area (TPSA) is 61.9 Å². The van der Waals surface area contributed by atoms with Gasteiger partial charge in [0.15, 0.2) is 0 Å². The van der Waals surface area contributed by atoms with Crippen LogP contribution in [0.25, 0.3) is 0 Å². The SMILES string of the molecule is CCOC(=O)c1c(NC(=O)CN2CCN(c3ccc(C)cc3)C(C)C2)sc(C)c1C. The minimum Gasteiger partial charge on any atom is -0.462 e. The normalized spacial score (nSPS) is 17.1. The average Bonchev–Trinajstić information content (AvgIpc) is 2.96. The average molecular weight is 430 g/mol. The van der Waals surface area contributed by atoms with Crippen molar-refractivity contribution in [1.29, 1.82) is 0 Å². The molecule has 1 fully saturated rings. The third-order valence-corrected chi connectivity index (χ3v) is 6.68. The number of rotatable bonds is 6. The second kappa shape index (κ2) is 9.62. The maximum absolute atomic E-state index is 12.7. The highest BCUT2D eigenvalue weighted by molar-refractivity contribution is 7.16. The third-order valence-electron chi connectivity index (χ3n) is 5.56. The Bertz CT molecular complexity index is 907. The molecular formula is C23H31N3O3S. The predicted octanol–water partition coefficient (Wildman–Crippen LogP) is 4.00. The summed E-state index contributed by atoms with van der Waals surface area (Å²) in [5.41, 5.74) is 3.82. The first-order valence-corrected chi connectivity index (χ1v) is 11.2. The van der Waals surface area contributed by atoms with Crippen LogP contribution >= 0.6 is 11.3 Å². The van der Waals surface area contributed by atoms with Crippen LogP contribution in [0, 0.1) is 20.8 Å². The number of thiophene rings is 1. The predicted molar refractivity (Wildman–Crippen MR) is 123 cm³/mol. The number of benzene rings is 1. The van der Waals surface area contributed by atoms with Crippen molar-refractivity contribution in [3.05, 3.63) is 45.8 Å². The number of nitrogens with zero attached hydrogens (tertiary/aromatic N) is 2. The standard InChI is InChI=1S/C23H31N3O3S/c1-6-29-23(28)21-17(4)18(5)30-22(21)24-20(27)14-25-11-12-26(16(3)13-25)19-9-7-15(2)8-10-19/h7-10,16H,6,11-14H2,1-5H3,(H,24,27). The molecule has 0 bridgehead atoms. The summed E-state index contributed by atoms with van der Waals surface area (Å²) >= 11 is 1.43. The molecule has 7 heteroatoms. The van der Waals surface area contributed by atoms with Crippen LogP contribution in [0.5, 0.6) is 0 Å². The second-order valence-electron chi connectivity index (χ2n) is 7.87. The Morgan fingerprint density at radius 2 is 1.87 bits per heavy atom. The monoisotopic (exact) mass is 429 g/mol. The lowest BCUT2D eigenvalue weighted by molar-refractivity contribution is -0.117. The van der Waals surface area contributed by atoms with E-state index < -0.39 is 0 Å². The van der Waals surface area contributed by atoms with Gasteiger partial charge in [-0.1, -0.05) is 17.7 Å². The fourth-order valence-corrected chi connectivity index (χ4v) is 4.89. The zero-order valence-corrected chi connectivity index (χ0v) is 19.3. The van der Waals surface area contributed by atoms with E-state index in [-0.39, 0.29) is 11.9 Å². The van der Waals surface area contributed by atoms with Gasteiger partial charge in [-0.25, -0.2) is 4.79 Å². The minimum atomic E-state index is -0.380. The van der Waals surface area contributed by atoms with Crippen LogP contribution in [0.1, 0.15) is 40.2 Å². The summed E-state index contributed by atoms with van der Waals surface area (Å²) in [7, 11) is 0. The molecule has 1 aromatic carbocycles. The van der Waals surface area contributed by atoms with Crippen LogP contribution < -0.4 is 10.2 Å². The molecule has 30 heavy (non-hydrogen) atoms. The summed E-state index contributed by atoms with van der Waals surface area (Å²) in [6.45, 7) is 13.0. The quantitative estimate of drug-likeness (QED) is 0.704. The molecule has 1 atom stereocenters. The summed E-state index contributed by atoms with van der Waals surface area (Å²) in [4.78, 5) is 30.6. The fraction of sp³-hybridized carbons (Fsp3) is 0.478. The molecule has 2 heterocycles. The van der Waals surface area contributed by atoms with Crippen molar-refractivity contribution >= 4 is 33.9 Å². The third kappa shape index (κ3) is 5.02. The number of nitrogens with one attached hydrogen (secondary N) is 1. The zero-order chi connectivity index (χ0) is 21.8. The highest BCUT2D eigenvalue weighted by Gasteiger charge is 2.26. The Morgan fingerprint density at radius 1 is 1.17 bits per heavy atom. The van der Waals surface area contributed by atoms with Gasteiger partial charge in [-0.2, -0.15) is 0 Å². The van der Waals surface area contributed by atoms with Gasteiger partial charge in [-0.05, 0) is 52.3 Å². The van der Waals surface area contributed by atoms with Crippen LogP contribution in [0.4, 0.5) is 10.7 Å². The maximum Gasteiger partial charge on any atom is 0.341 e. The summed E-state index contributed by atoms with van der Waals surface area (Å²) < 4.78 is 5.17. The lowest BCUT2D eigenvalue weighted by atomic mass is 10.1. The first-order chi connectivity index (χ1) is 14.3. The van der Waals surface area contributed by atoms with E-state index in [0.29, 0.717) is 29.8 Å². The summed E-state index contributed by atoms with van der Waals surface area (Å²) in [5.74, 6) is -0.479. The Hall–Kier alpha value is -2.38. The molecule has 0 radical (unpaired) electrons. The Labute approximate surface area is 182 Å². The van der Waals surface area contributed by atoms with Crippen molar-refractivity contribution in [2.75, 3.05) is 43.0 Å². The van der Waals surface area contributed by atoms with Crippen LogP contribution in [0.2, 0.25) is 0 Å². The molecule has 1 unspecified atom stereocenters. The molecule has 1 aromatic heterocycles. The van der Waals surface area contributed by atoms with Crippen molar-refractivity contribution in [3.8, 4) is 0 Å². The molecule has 2 aromatic rings. The van der Waals surface area contributed by atoms with Gasteiger partial charge in [-0.3, -0.25) is 9.69 Å². The van der Waals surface area contributed by atoms with E-state index in [9.17, 15) is 9.59 Å². The number of amides is 1. The summed E-state index contributed by atoms with van der Waals surface area (Å²) in [5, 5.41) is 3.53. The van der Waals surface area contributed by atoms with Gasteiger partial charge in [-0.15, -0.1) is 11.3 Å². The Kier molecular flexibility index (Phi) is 7.15. The van der Waals surface area contributed by atoms with Gasteiger partial charge in [0.25, 0.3) is 0 Å². The van der Waals surface area contributed by atoms with E-state index in [1.807, 2.05) is 13.8 Å². The number of hydrogen-bond acceptors (Lipinski definition) is 6. The molecule has 162 valence electrons. The van der Waals surface area contributed by atoms with Crippen molar-refractivity contribution in [1.82, 2.24) is 4.90 Å². The number of carbonyl (C=O) groups excluding carboxylic acids is 2. The summed E-state index contributed by atoms with van der Waals surface area (Å²) in [6, 6.07) is 8.90. The Balaban J connectivity index is 1.61. The van der Waals surface area contributed by atoms with E-state index in [2.05, 4.69) is 53.2 Å². The molecular weight excluding hydrogens is 398 g/mol. The molecule has 6 nitrogen and oxygen atoms in total. The van der Waals surface area contributed by atoms with Gasteiger partial charge >= 0.3 is 5.97 Å². The molecule has 0 saturated carbocycles. The van der Waals surface area contributed by atoms with Crippen LogP contribution in [-0.2, 0) is 9.53 Å². The highest BCUT2D eigenvalue weighted by atomic mass is 32.1. The first-order valence-electron chi connectivity index (χ1n) is 10.4. The van der Waals surface area contributed by atoms with Gasteiger partial charge in [0.05, 0.1) is 18.7 Å². The molecule has 0 aliphatic carbocycles. The number of anilines is 2. The van der Waals surface area contributed by atoms with E-state index >= 15 is 0 Å². The number of esters is 1. The van der Waals surface area contributed by atoms with Crippen LogP contribution in [0.15, 0.2) is 24.3 Å². The molecule has 1 aliphatic heterocycles. The number of aryl methyl sites for hydroxylation is 2. The fourth-order valence-electron chi connectivity index (χ4n) is 3.83. The van der Waals surface area contributed by atoms with Crippen molar-refractivity contribution in [2.45, 2.75) is 40.7 Å². The molecule has 1 amide bonds. The zero-order valence-electron chi connectivity index (χ0n) is 18.4. The van der Waals surface area contributed by atoms with Crippen molar-refractivity contribution in [3.63, 3.8) is 0 Å². The maximum atomic E-state index is 12.7. The van der Waals surface area contributed by atoms with Gasteiger partial charge < -0.3 is 15.0 Å². The van der Waals surface area contributed by atoms with Crippen LogP contribution in [-0.4, -0.2) is 55.6 Å². The first kappa shape index (κ1) is 22.3. The lowest BCUT2D eigenvalue weighted by Gasteiger charge is -2.41. The van der Waals surface area contributed by atoms with Gasteiger partial charge in [0.1, 0.15) is 5.00 Å². The van der Waals surface area contributed by atoms with Crippen molar-refractivity contribution in [2.24, 2.45) is 0 Å². The molecule has 1 saturated heterocycles. The number of ether oxygens (including phenoxy) is 1. The van der Waals surface area contributed by atoms with E-state index in [4.69, 9.17) is 4.74 Å².